The maximum absolute atomic E-state index is 12.4. The normalized spacial score (nSPS) is 19.1. The summed E-state index contributed by atoms with van der Waals surface area (Å²) in [5.74, 6) is 0.245. The van der Waals surface area contributed by atoms with Crippen LogP contribution in [-0.4, -0.2) is 41.5 Å². The smallest absolute Gasteiger partial charge is 0.164 e. The summed E-state index contributed by atoms with van der Waals surface area (Å²) in [5.41, 5.74) is 3.15. The van der Waals surface area contributed by atoms with Crippen molar-refractivity contribution in [1.29, 1.82) is 0 Å². The van der Waals surface area contributed by atoms with Gasteiger partial charge in [-0.3, -0.25) is 9.69 Å². The van der Waals surface area contributed by atoms with Crippen LogP contribution in [-0.2, 0) is 0 Å². The molecule has 1 atom stereocenters. The van der Waals surface area contributed by atoms with Crippen molar-refractivity contribution in [2.24, 2.45) is 0 Å². The van der Waals surface area contributed by atoms with Gasteiger partial charge in [-0.2, -0.15) is 0 Å². The third-order valence-corrected chi connectivity index (χ3v) is 4.36. The molecule has 0 aliphatic carbocycles. The van der Waals surface area contributed by atoms with Crippen LogP contribution in [0.25, 0.3) is 0 Å². The molecule has 1 saturated heterocycles. The average molecular weight is 289 g/mol. The van der Waals surface area contributed by atoms with Crippen molar-refractivity contribution in [2.75, 3.05) is 19.7 Å². The van der Waals surface area contributed by atoms with Crippen molar-refractivity contribution in [1.82, 2.24) is 4.90 Å². The molecule has 0 bridgehead atoms. The Bertz CT molecular complexity index is 464. The second-order valence-corrected chi connectivity index (χ2v) is 6.25. The van der Waals surface area contributed by atoms with Crippen LogP contribution in [0.1, 0.15) is 53.6 Å². The van der Waals surface area contributed by atoms with Gasteiger partial charge in [-0.05, 0) is 58.2 Å². The van der Waals surface area contributed by atoms with Crippen molar-refractivity contribution < 1.29 is 9.90 Å². The quantitative estimate of drug-likeness (QED) is 0.784. The molecule has 1 unspecified atom stereocenters. The topological polar surface area (TPSA) is 40.5 Å². The molecule has 0 saturated carbocycles. The summed E-state index contributed by atoms with van der Waals surface area (Å²) in [6.07, 6.45) is 4.94. The van der Waals surface area contributed by atoms with Gasteiger partial charge in [0.1, 0.15) is 0 Å². The van der Waals surface area contributed by atoms with E-state index in [1.165, 1.54) is 12.8 Å². The Kier molecular flexibility index (Phi) is 5.95. The number of carbonyl (C=O) groups excluding carboxylic acids is 1. The number of benzene rings is 1. The van der Waals surface area contributed by atoms with E-state index in [0.29, 0.717) is 12.5 Å². The summed E-state index contributed by atoms with van der Waals surface area (Å²) in [4.78, 5) is 14.8. The standard InChI is InChI=1S/C18H27NO2/c1-14-11-15(2)13-16(12-14)18(21)7-9-19-8-3-5-17(19)6-4-10-20/h11-13,17,20H,3-10H2,1-2H3. The molecule has 0 radical (unpaired) electrons. The number of aryl methyl sites for hydroxylation is 2. The van der Waals surface area contributed by atoms with Gasteiger partial charge < -0.3 is 5.11 Å². The molecule has 0 aromatic heterocycles. The summed E-state index contributed by atoms with van der Waals surface area (Å²) < 4.78 is 0. The van der Waals surface area contributed by atoms with Crippen molar-refractivity contribution in [3.63, 3.8) is 0 Å². The molecule has 0 amide bonds. The maximum Gasteiger partial charge on any atom is 0.164 e. The van der Waals surface area contributed by atoms with Gasteiger partial charge >= 0.3 is 0 Å². The highest BCUT2D eigenvalue weighted by Gasteiger charge is 2.24. The largest absolute Gasteiger partial charge is 0.396 e. The third kappa shape index (κ3) is 4.65. The first-order valence-electron chi connectivity index (χ1n) is 8.06. The van der Waals surface area contributed by atoms with Crippen molar-refractivity contribution in [3.8, 4) is 0 Å². The van der Waals surface area contributed by atoms with Crippen LogP contribution < -0.4 is 0 Å². The first-order chi connectivity index (χ1) is 10.1. The van der Waals surface area contributed by atoms with Crippen LogP contribution in [0.4, 0.5) is 0 Å². The summed E-state index contributed by atoms with van der Waals surface area (Å²) in [5, 5.41) is 8.96. The second-order valence-electron chi connectivity index (χ2n) is 6.25. The summed E-state index contributed by atoms with van der Waals surface area (Å²) >= 11 is 0. The van der Waals surface area contributed by atoms with E-state index in [2.05, 4.69) is 11.0 Å². The number of ketones is 1. The zero-order chi connectivity index (χ0) is 15.2. The first kappa shape index (κ1) is 16.2. The molecular weight excluding hydrogens is 262 g/mol. The maximum atomic E-state index is 12.4. The minimum atomic E-state index is 0.245. The molecule has 3 nitrogen and oxygen atoms in total. The van der Waals surface area contributed by atoms with E-state index < -0.39 is 0 Å². The van der Waals surface area contributed by atoms with E-state index in [-0.39, 0.29) is 12.4 Å². The number of hydrogen-bond donors (Lipinski definition) is 1. The molecule has 1 N–H and O–H groups in total. The van der Waals surface area contributed by atoms with E-state index in [1.807, 2.05) is 26.0 Å². The average Bonchev–Trinajstić information content (AvgIpc) is 2.88. The Morgan fingerprint density at radius 1 is 1.29 bits per heavy atom. The molecule has 1 aromatic carbocycles. The Labute approximate surface area is 128 Å². The summed E-state index contributed by atoms with van der Waals surface area (Å²) in [6.45, 7) is 6.29. The van der Waals surface area contributed by atoms with Gasteiger partial charge in [0, 0.05) is 31.2 Å². The Morgan fingerprint density at radius 2 is 2.00 bits per heavy atom. The van der Waals surface area contributed by atoms with Crippen molar-refractivity contribution in [3.05, 3.63) is 34.9 Å². The molecule has 1 heterocycles. The van der Waals surface area contributed by atoms with Gasteiger partial charge in [0.05, 0.1) is 0 Å². The summed E-state index contributed by atoms with van der Waals surface area (Å²) in [7, 11) is 0. The number of likely N-dealkylation sites (tertiary alicyclic amines) is 1. The molecule has 3 heteroatoms. The highest BCUT2D eigenvalue weighted by molar-refractivity contribution is 5.96. The third-order valence-electron chi connectivity index (χ3n) is 4.36. The number of aliphatic hydroxyl groups excluding tert-OH is 1. The van der Waals surface area contributed by atoms with E-state index in [9.17, 15) is 4.79 Å². The molecule has 21 heavy (non-hydrogen) atoms. The van der Waals surface area contributed by atoms with E-state index >= 15 is 0 Å². The minimum absolute atomic E-state index is 0.245. The molecule has 116 valence electrons. The predicted molar refractivity (Wildman–Crippen MR) is 85.8 cm³/mol. The van der Waals surface area contributed by atoms with E-state index in [1.54, 1.807) is 0 Å². The zero-order valence-corrected chi connectivity index (χ0v) is 13.3. The zero-order valence-electron chi connectivity index (χ0n) is 13.3. The minimum Gasteiger partial charge on any atom is -0.396 e. The van der Waals surface area contributed by atoms with Gasteiger partial charge in [0.2, 0.25) is 0 Å². The van der Waals surface area contributed by atoms with Crippen molar-refractivity contribution in [2.45, 2.75) is 52.0 Å². The van der Waals surface area contributed by atoms with Crippen LogP contribution in [0.2, 0.25) is 0 Å². The fraction of sp³-hybridized carbons (Fsp3) is 0.611. The number of Topliss-reactive ketones (excluding diaryl/α,β-unsaturated/α-hetero) is 1. The Hall–Kier alpha value is -1.19. The lowest BCUT2D eigenvalue weighted by atomic mass is 10.0. The highest BCUT2D eigenvalue weighted by Crippen LogP contribution is 2.22. The molecule has 1 aromatic rings. The Balaban J connectivity index is 1.88. The van der Waals surface area contributed by atoms with Gasteiger partial charge in [-0.1, -0.05) is 17.2 Å². The molecule has 1 aliphatic rings. The number of carbonyl (C=O) groups is 1. The second kappa shape index (κ2) is 7.71. The Morgan fingerprint density at radius 3 is 2.67 bits per heavy atom. The monoisotopic (exact) mass is 289 g/mol. The molecule has 0 spiro atoms. The van der Waals surface area contributed by atoms with Crippen molar-refractivity contribution >= 4 is 5.78 Å². The van der Waals surface area contributed by atoms with Crippen LogP contribution in [0.5, 0.6) is 0 Å². The van der Waals surface area contributed by atoms with Gasteiger partial charge in [-0.25, -0.2) is 0 Å². The van der Waals surface area contributed by atoms with Crippen LogP contribution >= 0.6 is 0 Å². The first-order valence-corrected chi connectivity index (χ1v) is 8.06. The number of nitrogens with zero attached hydrogens (tertiary/aromatic N) is 1. The number of rotatable bonds is 7. The lowest BCUT2D eigenvalue weighted by Gasteiger charge is -2.23. The lowest BCUT2D eigenvalue weighted by Crippen LogP contribution is -2.31. The SMILES string of the molecule is Cc1cc(C)cc(C(=O)CCN2CCCC2CCCO)c1. The number of aliphatic hydroxyl groups is 1. The van der Waals surface area contributed by atoms with Gasteiger partial charge in [0.15, 0.2) is 5.78 Å². The van der Waals surface area contributed by atoms with Crippen LogP contribution in [0, 0.1) is 13.8 Å². The summed E-state index contributed by atoms with van der Waals surface area (Å²) in [6, 6.07) is 6.64. The van der Waals surface area contributed by atoms with E-state index in [4.69, 9.17) is 5.11 Å². The van der Waals surface area contributed by atoms with Crippen LogP contribution in [0.3, 0.4) is 0 Å². The van der Waals surface area contributed by atoms with Crippen LogP contribution in [0.15, 0.2) is 18.2 Å². The number of hydrogen-bond acceptors (Lipinski definition) is 3. The lowest BCUT2D eigenvalue weighted by molar-refractivity contribution is 0.0958. The van der Waals surface area contributed by atoms with E-state index in [0.717, 1.165) is 42.6 Å². The fourth-order valence-electron chi connectivity index (χ4n) is 3.37. The van der Waals surface area contributed by atoms with Gasteiger partial charge in [-0.15, -0.1) is 0 Å². The molecule has 1 fully saturated rings. The predicted octanol–water partition coefficient (Wildman–Crippen LogP) is 3.11. The molecular formula is C18H27NO2. The molecule has 2 rings (SSSR count). The van der Waals surface area contributed by atoms with Gasteiger partial charge in [0.25, 0.3) is 0 Å². The highest BCUT2D eigenvalue weighted by atomic mass is 16.2. The molecule has 1 aliphatic heterocycles. The fourth-order valence-corrected chi connectivity index (χ4v) is 3.37.